The van der Waals surface area contributed by atoms with Gasteiger partial charge in [0.2, 0.25) is 11.8 Å². The Bertz CT molecular complexity index is 465. The van der Waals surface area contributed by atoms with Gasteiger partial charge in [-0.25, -0.2) is 0 Å². The molecule has 7 heteroatoms. The largest absolute Gasteiger partial charge is 0.491 e. The first-order valence-corrected chi connectivity index (χ1v) is 6.63. The minimum absolute atomic E-state index is 0.0595. The minimum Gasteiger partial charge on any atom is -0.491 e. The van der Waals surface area contributed by atoms with Gasteiger partial charge in [-0.05, 0) is 12.1 Å². The summed E-state index contributed by atoms with van der Waals surface area (Å²) in [5.74, 6) is 0.0302. The van der Waals surface area contributed by atoms with Crippen LogP contribution >= 0.6 is 0 Å². The van der Waals surface area contributed by atoms with Crippen LogP contribution in [0.1, 0.15) is 6.42 Å². The third-order valence-electron chi connectivity index (χ3n) is 2.58. The highest BCUT2D eigenvalue weighted by molar-refractivity contribution is 5.84. The maximum Gasteiger partial charge on any atom is 0.239 e. The van der Waals surface area contributed by atoms with Gasteiger partial charge in [-0.3, -0.25) is 9.59 Å². The van der Waals surface area contributed by atoms with Crippen molar-refractivity contribution >= 4 is 17.5 Å². The molecule has 0 saturated carbocycles. The Kier molecular flexibility index (Phi) is 7.67. The summed E-state index contributed by atoms with van der Waals surface area (Å²) >= 11 is 0. The summed E-state index contributed by atoms with van der Waals surface area (Å²) in [5.41, 5.74) is 6.23. The molecule has 21 heavy (non-hydrogen) atoms. The van der Waals surface area contributed by atoms with Crippen LogP contribution in [-0.2, 0) is 14.3 Å². The zero-order chi connectivity index (χ0) is 15.5. The van der Waals surface area contributed by atoms with Crippen LogP contribution < -0.4 is 21.1 Å². The molecule has 0 spiro atoms. The van der Waals surface area contributed by atoms with E-state index in [1.165, 1.54) is 0 Å². The van der Waals surface area contributed by atoms with Gasteiger partial charge in [0, 0.05) is 13.7 Å². The topological polar surface area (TPSA) is 103 Å². The molecule has 0 atom stereocenters. The van der Waals surface area contributed by atoms with Gasteiger partial charge in [-0.15, -0.1) is 0 Å². The minimum atomic E-state index is -0.258. The van der Waals surface area contributed by atoms with Gasteiger partial charge >= 0.3 is 0 Å². The summed E-state index contributed by atoms with van der Waals surface area (Å²) in [4.78, 5) is 22.9. The Labute approximate surface area is 123 Å². The van der Waals surface area contributed by atoms with Crippen molar-refractivity contribution < 1.29 is 19.1 Å². The highest BCUT2D eigenvalue weighted by atomic mass is 16.5. The van der Waals surface area contributed by atoms with Gasteiger partial charge in [0.15, 0.2) is 0 Å². The molecule has 4 N–H and O–H groups in total. The first-order chi connectivity index (χ1) is 10.1. The van der Waals surface area contributed by atoms with Crippen LogP contribution in [0.25, 0.3) is 0 Å². The number of ether oxygens (including phenoxy) is 2. The number of hydrogen-bond donors (Lipinski definition) is 3. The molecule has 0 heterocycles. The number of methoxy groups -OCH3 is 1. The van der Waals surface area contributed by atoms with Crippen molar-refractivity contribution in [1.82, 2.24) is 10.6 Å². The van der Waals surface area contributed by atoms with Crippen LogP contribution in [0.4, 0.5) is 5.69 Å². The molecule has 0 aliphatic carbocycles. The summed E-state index contributed by atoms with van der Waals surface area (Å²) in [6, 6.07) is 7.06. The fourth-order valence-corrected chi connectivity index (χ4v) is 1.49. The Hall–Kier alpha value is -2.28. The van der Waals surface area contributed by atoms with Crippen molar-refractivity contribution in [3.63, 3.8) is 0 Å². The predicted molar refractivity (Wildman–Crippen MR) is 78.9 cm³/mol. The maximum absolute atomic E-state index is 11.5. The third kappa shape index (κ3) is 7.17. The Morgan fingerprint density at radius 2 is 1.90 bits per heavy atom. The molecule has 0 aliphatic rings. The molecule has 0 radical (unpaired) electrons. The van der Waals surface area contributed by atoms with E-state index in [9.17, 15) is 9.59 Å². The van der Waals surface area contributed by atoms with Crippen molar-refractivity contribution in [3.8, 4) is 5.75 Å². The van der Waals surface area contributed by atoms with Crippen LogP contribution in [0, 0.1) is 0 Å². The molecule has 1 rings (SSSR count). The Morgan fingerprint density at radius 3 is 2.62 bits per heavy atom. The number of anilines is 1. The van der Waals surface area contributed by atoms with Crippen LogP contribution in [0.5, 0.6) is 5.75 Å². The fraction of sp³-hybridized carbons (Fsp3) is 0.429. The normalized spacial score (nSPS) is 9.95. The van der Waals surface area contributed by atoms with E-state index >= 15 is 0 Å². The van der Waals surface area contributed by atoms with Gasteiger partial charge in [-0.2, -0.15) is 0 Å². The van der Waals surface area contributed by atoms with Crippen molar-refractivity contribution in [2.75, 3.05) is 39.1 Å². The summed E-state index contributed by atoms with van der Waals surface area (Å²) in [5, 5.41) is 5.11. The Morgan fingerprint density at radius 1 is 1.14 bits per heavy atom. The lowest BCUT2D eigenvalue weighted by Crippen LogP contribution is -2.38. The number of nitrogens with two attached hydrogens (primary N) is 1. The standard InChI is InChI=1S/C14H21N3O4/c1-20-9-7-16-14(19)10-17-13(18)6-8-21-12-5-3-2-4-11(12)15/h2-5H,6-10,15H2,1H3,(H,16,19)(H,17,18). The average Bonchev–Trinajstić information content (AvgIpc) is 2.47. The highest BCUT2D eigenvalue weighted by Crippen LogP contribution is 2.19. The highest BCUT2D eigenvalue weighted by Gasteiger charge is 2.06. The molecule has 0 unspecified atom stereocenters. The number of nitrogen functional groups attached to an aromatic ring is 1. The number of carbonyl (C=O) groups is 2. The lowest BCUT2D eigenvalue weighted by Gasteiger charge is -2.09. The second-order valence-electron chi connectivity index (χ2n) is 4.26. The number of nitrogens with one attached hydrogen (secondary N) is 2. The lowest BCUT2D eigenvalue weighted by molar-refractivity contribution is -0.126. The number of hydrogen-bond acceptors (Lipinski definition) is 5. The van der Waals surface area contributed by atoms with E-state index in [-0.39, 0.29) is 31.4 Å². The molecule has 1 aromatic rings. The van der Waals surface area contributed by atoms with E-state index < -0.39 is 0 Å². The van der Waals surface area contributed by atoms with Gasteiger partial charge in [0.1, 0.15) is 5.75 Å². The van der Waals surface area contributed by atoms with Crippen molar-refractivity contribution in [3.05, 3.63) is 24.3 Å². The van der Waals surface area contributed by atoms with Gasteiger partial charge in [0.25, 0.3) is 0 Å². The number of carbonyl (C=O) groups excluding carboxylic acids is 2. The maximum atomic E-state index is 11.5. The smallest absolute Gasteiger partial charge is 0.239 e. The van der Waals surface area contributed by atoms with Crippen molar-refractivity contribution in [2.45, 2.75) is 6.42 Å². The average molecular weight is 295 g/mol. The third-order valence-corrected chi connectivity index (χ3v) is 2.58. The molecule has 7 nitrogen and oxygen atoms in total. The van der Waals surface area contributed by atoms with E-state index in [1.807, 2.05) is 0 Å². The lowest BCUT2D eigenvalue weighted by atomic mass is 10.3. The second-order valence-corrected chi connectivity index (χ2v) is 4.26. The molecule has 2 amide bonds. The fourth-order valence-electron chi connectivity index (χ4n) is 1.49. The molecule has 0 saturated heterocycles. The Balaban J connectivity index is 2.14. The molecule has 0 aliphatic heterocycles. The monoisotopic (exact) mass is 295 g/mol. The van der Waals surface area contributed by atoms with Crippen LogP contribution in [0.2, 0.25) is 0 Å². The first kappa shape index (κ1) is 16.8. The second kappa shape index (κ2) is 9.60. The number of amides is 2. The van der Waals surface area contributed by atoms with Crippen molar-refractivity contribution in [1.29, 1.82) is 0 Å². The molecular weight excluding hydrogens is 274 g/mol. The van der Waals surface area contributed by atoms with Gasteiger partial charge < -0.3 is 25.8 Å². The molecular formula is C14H21N3O4. The number of para-hydroxylation sites is 2. The number of benzene rings is 1. The van der Waals surface area contributed by atoms with Crippen LogP contribution in [0.15, 0.2) is 24.3 Å². The van der Waals surface area contributed by atoms with Crippen LogP contribution in [-0.4, -0.2) is 45.2 Å². The molecule has 116 valence electrons. The van der Waals surface area contributed by atoms with E-state index in [2.05, 4.69) is 10.6 Å². The summed E-state index contributed by atoms with van der Waals surface area (Å²) in [6.07, 6.45) is 0.152. The SMILES string of the molecule is COCCNC(=O)CNC(=O)CCOc1ccccc1N. The summed E-state index contributed by atoms with van der Waals surface area (Å²) in [6.45, 7) is 0.995. The quantitative estimate of drug-likeness (QED) is 0.437. The molecule has 1 aromatic carbocycles. The summed E-state index contributed by atoms with van der Waals surface area (Å²) < 4.78 is 10.2. The zero-order valence-electron chi connectivity index (χ0n) is 12.1. The first-order valence-electron chi connectivity index (χ1n) is 6.63. The molecule has 0 fully saturated rings. The van der Waals surface area contributed by atoms with Gasteiger partial charge in [0.05, 0.1) is 31.9 Å². The van der Waals surface area contributed by atoms with Gasteiger partial charge in [-0.1, -0.05) is 12.1 Å². The van der Waals surface area contributed by atoms with E-state index in [4.69, 9.17) is 15.2 Å². The summed E-state index contributed by atoms with van der Waals surface area (Å²) in [7, 11) is 1.55. The molecule has 0 bridgehead atoms. The van der Waals surface area contributed by atoms with Crippen LogP contribution in [0.3, 0.4) is 0 Å². The zero-order valence-corrected chi connectivity index (χ0v) is 12.1. The van der Waals surface area contributed by atoms with E-state index in [0.717, 1.165) is 0 Å². The van der Waals surface area contributed by atoms with Crippen molar-refractivity contribution in [2.24, 2.45) is 0 Å². The van der Waals surface area contributed by atoms with E-state index in [1.54, 1.807) is 31.4 Å². The molecule has 0 aromatic heterocycles. The predicted octanol–water partition coefficient (Wildman–Crippen LogP) is -0.0835. The van der Waals surface area contributed by atoms with E-state index in [0.29, 0.717) is 24.6 Å². The number of rotatable bonds is 9.